The molecule has 0 N–H and O–H groups in total. The van der Waals surface area contributed by atoms with E-state index in [1.165, 1.54) is 11.3 Å². The molecule has 0 radical (unpaired) electrons. The van der Waals surface area contributed by atoms with E-state index in [1.807, 2.05) is 12.1 Å². The van der Waals surface area contributed by atoms with E-state index in [0.717, 1.165) is 5.56 Å². The fourth-order valence-electron chi connectivity index (χ4n) is 1.23. The van der Waals surface area contributed by atoms with Gasteiger partial charge in [-0.25, -0.2) is 0 Å². The Balaban J connectivity index is 2.91. The van der Waals surface area contributed by atoms with Gasteiger partial charge in [-0.2, -0.15) is 5.26 Å². The molecule has 0 atom stereocenters. The van der Waals surface area contributed by atoms with Crippen molar-refractivity contribution in [2.24, 2.45) is 0 Å². The maximum atomic E-state index is 8.38. The van der Waals surface area contributed by atoms with Crippen LogP contribution in [0.25, 0.3) is 6.08 Å². The summed E-state index contributed by atoms with van der Waals surface area (Å²) in [7, 11) is -1.18. The van der Waals surface area contributed by atoms with E-state index in [2.05, 4.69) is 43.9 Å². The largest absolute Gasteiger partial charge is 0.193 e. The van der Waals surface area contributed by atoms with Crippen LogP contribution in [0, 0.1) is 11.3 Å². The lowest BCUT2D eigenvalue weighted by atomic mass is 10.2. The smallest absolute Gasteiger partial charge is 0.0912 e. The van der Waals surface area contributed by atoms with Crippen LogP contribution >= 0.6 is 0 Å². The second-order valence-corrected chi connectivity index (χ2v) is 9.41. The van der Waals surface area contributed by atoms with Crippen molar-refractivity contribution in [1.82, 2.24) is 0 Å². The van der Waals surface area contributed by atoms with Gasteiger partial charge in [-0.15, -0.1) is 0 Å². The molecule has 0 amide bonds. The Morgan fingerprint density at radius 2 is 1.71 bits per heavy atom. The van der Waals surface area contributed by atoms with Crippen molar-refractivity contribution in [1.29, 1.82) is 5.26 Å². The normalized spacial score (nSPS) is 11.6. The molecule has 1 rings (SSSR count). The molecule has 0 saturated heterocycles. The van der Waals surface area contributed by atoms with E-state index in [4.69, 9.17) is 5.26 Å². The van der Waals surface area contributed by atoms with Gasteiger partial charge in [0, 0.05) is 6.08 Å². The maximum absolute atomic E-state index is 8.38. The lowest BCUT2D eigenvalue weighted by molar-refractivity contribution is 1.54. The summed E-state index contributed by atoms with van der Waals surface area (Å²) in [6.45, 7) is 6.98. The minimum atomic E-state index is -1.18. The summed E-state index contributed by atoms with van der Waals surface area (Å²) in [5.74, 6) is 0. The molecule has 0 saturated carbocycles. The highest BCUT2D eigenvalue weighted by Crippen LogP contribution is 2.05. The Labute approximate surface area is 86.7 Å². The first-order valence-corrected chi connectivity index (χ1v) is 8.21. The third kappa shape index (κ3) is 2.86. The van der Waals surface area contributed by atoms with Crippen LogP contribution in [0.5, 0.6) is 0 Å². The van der Waals surface area contributed by atoms with E-state index in [0.29, 0.717) is 0 Å². The first kappa shape index (κ1) is 10.7. The molecule has 0 bridgehead atoms. The van der Waals surface area contributed by atoms with Gasteiger partial charge in [0.25, 0.3) is 0 Å². The van der Waals surface area contributed by atoms with Gasteiger partial charge in [0.05, 0.1) is 14.1 Å². The van der Waals surface area contributed by atoms with Gasteiger partial charge >= 0.3 is 0 Å². The summed E-state index contributed by atoms with van der Waals surface area (Å²) >= 11 is 0. The topological polar surface area (TPSA) is 23.8 Å². The third-order valence-electron chi connectivity index (χ3n) is 2.13. The Morgan fingerprint density at radius 3 is 2.14 bits per heavy atom. The van der Waals surface area contributed by atoms with Gasteiger partial charge in [-0.3, -0.25) is 0 Å². The molecule has 0 aromatic heterocycles. The number of benzene rings is 1. The number of nitrogens with zero attached hydrogens (tertiary/aromatic N) is 1. The highest BCUT2D eigenvalue weighted by molar-refractivity contribution is 6.88. The molecule has 0 spiro atoms. The van der Waals surface area contributed by atoms with Crippen molar-refractivity contribution in [2.75, 3.05) is 0 Å². The zero-order valence-corrected chi connectivity index (χ0v) is 9.91. The van der Waals surface area contributed by atoms with Gasteiger partial charge in [0.1, 0.15) is 0 Å². The number of hydrogen-bond acceptors (Lipinski definition) is 1. The predicted octanol–water partition coefficient (Wildman–Crippen LogP) is 2.77. The van der Waals surface area contributed by atoms with Gasteiger partial charge < -0.3 is 0 Å². The lowest BCUT2D eigenvalue weighted by Crippen LogP contribution is -2.37. The minimum absolute atomic E-state index is 1.09. The number of hydrogen-bond donors (Lipinski definition) is 0. The van der Waals surface area contributed by atoms with Crippen molar-refractivity contribution >= 4 is 19.3 Å². The molecule has 0 aliphatic carbocycles. The average Bonchev–Trinajstić information content (AvgIpc) is 2.14. The standard InChI is InChI=1S/C12H15NSi/c1-14(2,3)12-8-6-11(7-9-12)5-4-10-13/h4-9H,1-3H3/b5-4+. The minimum Gasteiger partial charge on any atom is -0.193 e. The van der Waals surface area contributed by atoms with Crippen molar-refractivity contribution in [3.8, 4) is 6.07 Å². The maximum Gasteiger partial charge on any atom is 0.0912 e. The summed E-state index contributed by atoms with van der Waals surface area (Å²) < 4.78 is 0. The fraction of sp³-hybridized carbons (Fsp3) is 0.250. The summed E-state index contributed by atoms with van der Waals surface area (Å²) in [5, 5.41) is 9.83. The molecule has 0 fully saturated rings. The van der Waals surface area contributed by atoms with Crippen LogP contribution < -0.4 is 5.19 Å². The molecular weight excluding hydrogens is 186 g/mol. The third-order valence-corrected chi connectivity index (χ3v) is 4.19. The zero-order chi connectivity index (χ0) is 10.6. The Bertz CT molecular complexity index is 363. The Morgan fingerprint density at radius 1 is 1.14 bits per heavy atom. The van der Waals surface area contributed by atoms with E-state index in [9.17, 15) is 0 Å². The first-order chi connectivity index (χ1) is 6.54. The summed E-state index contributed by atoms with van der Waals surface area (Å²) in [4.78, 5) is 0. The Hall–Kier alpha value is -1.33. The van der Waals surface area contributed by atoms with Crippen LogP contribution in [0.4, 0.5) is 0 Å². The van der Waals surface area contributed by atoms with Crippen LogP contribution in [0.1, 0.15) is 5.56 Å². The molecule has 1 nitrogen and oxygen atoms in total. The van der Waals surface area contributed by atoms with Crippen LogP contribution in [-0.2, 0) is 0 Å². The average molecular weight is 201 g/mol. The van der Waals surface area contributed by atoms with Crippen LogP contribution in [0.2, 0.25) is 19.6 Å². The monoisotopic (exact) mass is 201 g/mol. The van der Waals surface area contributed by atoms with Crippen molar-refractivity contribution in [3.63, 3.8) is 0 Å². The predicted molar refractivity (Wildman–Crippen MR) is 64.1 cm³/mol. The quantitative estimate of drug-likeness (QED) is 0.533. The molecule has 2 heteroatoms. The molecular formula is C12H15NSi. The molecule has 1 aromatic carbocycles. The van der Waals surface area contributed by atoms with Gasteiger partial charge in [-0.1, -0.05) is 49.1 Å². The molecule has 0 aliphatic heterocycles. The van der Waals surface area contributed by atoms with E-state index < -0.39 is 8.07 Å². The molecule has 72 valence electrons. The van der Waals surface area contributed by atoms with Crippen LogP contribution in [0.15, 0.2) is 30.3 Å². The number of rotatable bonds is 2. The second kappa shape index (κ2) is 4.25. The summed E-state index contributed by atoms with van der Waals surface area (Å²) in [6.07, 6.45) is 3.33. The van der Waals surface area contributed by atoms with Gasteiger partial charge in [0.15, 0.2) is 0 Å². The van der Waals surface area contributed by atoms with Crippen molar-refractivity contribution in [2.45, 2.75) is 19.6 Å². The van der Waals surface area contributed by atoms with Crippen LogP contribution in [-0.4, -0.2) is 8.07 Å². The fourth-order valence-corrected chi connectivity index (χ4v) is 2.39. The highest BCUT2D eigenvalue weighted by Gasteiger charge is 2.15. The number of allylic oxidation sites excluding steroid dienone is 1. The van der Waals surface area contributed by atoms with E-state index in [-0.39, 0.29) is 0 Å². The number of nitriles is 1. The molecule has 0 aliphatic rings. The molecule has 0 heterocycles. The lowest BCUT2D eigenvalue weighted by Gasteiger charge is -2.16. The molecule has 1 aromatic rings. The van der Waals surface area contributed by atoms with Crippen LogP contribution in [0.3, 0.4) is 0 Å². The summed E-state index contributed by atoms with van der Waals surface area (Å²) in [6, 6.07) is 10.5. The first-order valence-electron chi connectivity index (χ1n) is 4.71. The van der Waals surface area contributed by atoms with Gasteiger partial charge in [-0.05, 0) is 11.6 Å². The molecule has 0 unspecified atom stereocenters. The van der Waals surface area contributed by atoms with Crippen molar-refractivity contribution in [3.05, 3.63) is 35.9 Å². The Kier molecular flexibility index (Phi) is 3.26. The van der Waals surface area contributed by atoms with E-state index >= 15 is 0 Å². The van der Waals surface area contributed by atoms with Gasteiger partial charge in [0.2, 0.25) is 0 Å². The SMILES string of the molecule is C[Si](C)(C)c1ccc(/C=C/C#N)cc1. The zero-order valence-electron chi connectivity index (χ0n) is 8.91. The molecule has 14 heavy (non-hydrogen) atoms. The summed E-state index contributed by atoms with van der Waals surface area (Å²) in [5.41, 5.74) is 1.09. The second-order valence-electron chi connectivity index (χ2n) is 4.33. The van der Waals surface area contributed by atoms with Crippen molar-refractivity contribution < 1.29 is 0 Å². The highest BCUT2D eigenvalue weighted by atomic mass is 28.3. The van der Waals surface area contributed by atoms with E-state index in [1.54, 1.807) is 0 Å².